The normalized spacial score (nSPS) is 12.0. The van der Waals surface area contributed by atoms with Crippen molar-refractivity contribution in [2.75, 3.05) is 53.5 Å². The molecule has 0 saturated heterocycles. The summed E-state index contributed by atoms with van der Waals surface area (Å²) in [5, 5.41) is 0. The molecule has 0 spiro atoms. The maximum atomic E-state index is 5.56. The Balaban J connectivity index is 4.08. The van der Waals surface area contributed by atoms with Crippen molar-refractivity contribution in [1.29, 1.82) is 0 Å². The predicted molar refractivity (Wildman–Crippen MR) is 81.2 cm³/mol. The molecule has 0 radical (unpaired) electrons. The Morgan fingerprint density at radius 2 is 1.95 bits per heavy atom. The highest BCUT2D eigenvalue weighted by Crippen LogP contribution is 1.95. The zero-order valence-electron chi connectivity index (χ0n) is 13.0. The summed E-state index contributed by atoms with van der Waals surface area (Å²) >= 11 is 0. The summed E-state index contributed by atoms with van der Waals surface area (Å²) in [6.07, 6.45) is 2.02. The van der Waals surface area contributed by atoms with Crippen LogP contribution in [0.2, 0.25) is 0 Å². The Hall–Kier alpha value is -0.850. The SMILES string of the molecule is CCOCCCN=C(NN)N(CC)CCCN(C)C. The van der Waals surface area contributed by atoms with Gasteiger partial charge in [-0.2, -0.15) is 0 Å². The molecule has 0 aliphatic rings. The van der Waals surface area contributed by atoms with Crippen LogP contribution in [0, 0.1) is 0 Å². The summed E-state index contributed by atoms with van der Waals surface area (Å²) in [7, 11) is 4.17. The quantitative estimate of drug-likeness (QED) is 0.200. The van der Waals surface area contributed by atoms with E-state index < -0.39 is 0 Å². The number of hydrogen-bond donors (Lipinski definition) is 2. The fraction of sp³-hybridized carbons (Fsp3) is 0.923. The Bertz CT molecular complexity index is 233. The first-order chi connectivity index (χ1) is 9.15. The first kappa shape index (κ1) is 18.1. The molecule has 0 fully saturated rings. The van der Waals surface area contributed by atoms with Crippen LogP contribution in [0.25, 0.3) is 0 Å². The van der Waals surface area contributed by atoms with Gasteiger partial charge in [0.1, 0.15) is 0 Å². The molecule has 0 heterocycles. The highest BCUT2D eigenvalue weighted by atomic mass is 16.5. The number of nitrogens with one attached hydrogen (secondary N) is 1. The van der Waals surface area contributed by atoms with Crippen LogP contribution in [0.3, 0.4) is 0 Å². The minimum atomic E-state index is 0.740. The van der Waals surface area contributed by atoms with E-state index in [0.29, 0.717) is 0 Å². The van der Waals surface area contributed by atoms with Gasteiger partial charge in [-0.15, -0.1) is 0 Å². The highest BCUT2D eigenvalue weighted by molar-refractivity contribution is 5.79. The van der Waals surface area contributed by atoms with Crippen LogP contribution in [-0.2, 0) is 4.74 Å². The Morgan fingerprint density at radius 1 is 1.21 bits per heavy atom. The van der Waals surface area contributed by atoms with Gasteiger partial charge in [0, 0.05) is 32.8 Å². The van der Waals surface area contributed by atoms with Crippen molar-refractivity contribution in [3.63, 3.8) is 0 Å². The lowest BCUT2D eigenvalue weighted by Gasteiger charge is -2.24. The van der Waals surface area contributed by atoms with Crippen molar-refractivity contribution in [3.05, 3.63) is 0 Å². The fourth-order valence-corrected chi connectivity index (χ4v) is 1.72. The van der Waals surface area contributed by atoms with E-state index in [9.17, 15) is 0 Å². The summed E-state index contributed by atoms with van der Waals surface area (Å²) < 4.78 is 5.29. The van der Waals surface area contributed by atoms with Gasteiger partial charge < -0.3 is 14.5 Å². The number of hydrazine groups is 1. The first-order valence-electron chi connectivity index (χ1n) is 7.14. The van der Waals surface area contributed by atoms with Gasteiger partial charge in [0.05, 0.1) is 0 Å². The maximum absolute atomic E-state index is 5.56. The van der Waals surface area contributed by atoms with Gasteiger partial charge >= 0.3 is 0 Å². The standard InChI is InChI=1S/C13H31N5O/c1-5-18(11-8-10-17(3)4)13(16-14)15-9-7-12-19-6-2/h5-12,14H2,1-4H3,(H,15,16). The molecule has 0 rings (SSSR count). The Morgan fingerprint density at radius 3 is 2.47 bits per heavy atom. The topological polar surface area (TPSA) is 66.1 Å². The molecule has 0 unspecified atom stereocenters. The monoisotopic (exact) mass is 273 g/mol. The van der Waals surface area contributed by atoms with Crippen LogP contribution in [-0.4, -0.2) is 69.2 Å². The average Bonchev–Trinajstić information content (AvgIpc) is 2.39. The summed E-state index contributed by atoms with van der Waals surface area (Å²) in [6, 6.07) is 0. The molecule has 19 heavy (non-hydrogen) atoms. The van der Waals surface area contributed by atoms with Crippen LogP contribution < -0.4 is 11.3 Å². The molecular formula is C13H31N5O. The largest absolute Gasteiger partial charge is 0.382 e. The molecule has 0 aliphatic heterocycles. The van der Waals surface area contributed by atoms with E-state index in [1.807, 2.05) is 6.92 Å². The van der Waals surface area contributed by atoms with E-state index >= 15 is 0 Å². The molecule has 0 aromatic carbocycles. The smallest absolute Gasteiger partial charge is 0.208 e. The van der Waals surface area contributed by atoms with Crippen LogP contribution in [0.15, 0.2) is 4.99 Å². The third kappa shape index (κ3) is 9.69. The van der Waals surface area contributed by atoms with Crippen molar-refractivity contribution < 1.29 is 4.74 Å². The molecule has 0 bridgehead atoms. The van der Waals surface area contributed by atoms with Crippen LogP contribution in [0.4, 0.5) is 0 Å². The van der Waals surface area contributed by atoms with E-state index in [-0.39, 0.29) is 0 Å². The van der Waals surface area contributed by atoms with Gasteiger partial charge in [0.15, 0.2) is 0 Å². The van der Waals surface area contributed by atoms with Gasteiger partial charge in [-0.25, -0.2) is 5.84 Å². The number of nitrogens with zero attached hydrogens (tertiary/aromatic N) is 3. The average molecular weight is 273 g/mol. The molecule has 0 atom stereocenters. The number of hydrogen-bond acceptors (Lipinski definition) is 4. The number of guanidine groups is 1. The third-order valence-corrected chi connectivity index (χ3v) is 2.76. The van der Waals surface area contributed by atoms with Crippen LogP contribution in [0.1, 0.15) is 26.7 Å². The molecule has 0 amide bonds. The summed E-state index contributed by atoms with van der Waals surface area (Å²) in [5.74, 6) is 6.33. The van der Waals surface area contributed by atoms with Gasteiger partial charge in [-0.05, 0) is 47.3 Å². The van der Waals surface area contributed by atoms with Crippen molar-refractivity contribution in [3.8, 4) is 0 Å². The lowest BCUT2D eigenvalue weighted by atomic mass is 10.3. The highest BCUT2D eigenvalue weighted by Gasteiger charge is 2.07. The number of aliphatic imine (C=N–C) groups is 1. The van der Waals surface area contributed by atoms with Crippen molar-refractivity contribution in [1.82, 2.24) is 15.2 Å². The van der Waals surface area contributed by atoms with Gasteiger partial charge in [-0.1, -0.05) is 0 Å². The van der Waals surface area contributed by atoms with Crippen molar-refractivity contribution >= 4 is 5.96 Å². The first-order valence-corrected chi connectivity index (χ1v) is 7.14. The summed E-state index contributed by atoms with van der Waals surface area (Å²) in [5.41, 5.74) is 2.70. The summed E-state index contributed by atoms with van der Waals surface area (Å²) in [4.78, 5) is 8.85. The molecule has 6 heteroatoms. The Labute approximate surface area is 118 Å². The second-order valence-electron chi connectivity index (χ2n) is 4.64. The second-order valence-corrected chi connectivity index (χ2v) is 4.64. The predicted octanol–water partition coefficient (Wildman–Crippen LogP) is 0.506. The summed E-state index contributed by atoms with van der Waals surface area (Å²) in [6.45, 7) is 9.30. The maximum Gasteiger partial charge on any atom is 0.208 e. The molecular weight excluding hydrogens is 242 g/mol. The number of rotatable bonds is 10. The molecule has 0 aromatic rings. The molecule has 3 N–H and O–H groups in total. The molecule has 114 valence electrons. The molecule has 0 aliphatic carbocycles. The van der Waals surface area contributed by atoms with Crippen molar-refractivity contribution in [2.45, 2.75) is 26.7 Å². The molecule has 6 nitrogen and oxygen atoms in total. The van der Waals surface area contributed by atoms with Gasteiger partial charge in [-0.3, -0.25) is 10.4 Å². The molecule has 0 aromatic heterocycles. The van der Waals surface area contributed by atoms with E-state index in [2.05, 4.69) is 41.2 Å². The van der Waals surface area contributed by atoms with Crippen molar-refractivity contribution in [2.24, 2.45) is 10.8 Å². The zero-order valence-corrected chi connectivity index (χ0v) is 13.0. The van der Waals surface area contributed by atoms with E-state index in [0.717, 1.165) is 58.2 Å². The molecule has 0 saturated carbocycles. The minimum absolute atomic E-state index is 0.740. The van der Waals surface area contributed by atoms with E-state index in [1.165, 1.54) is 0 Å². The van der Waals surface area contributed by atoms with Crippen LogP contribution >= 0.6 is 0 Å². The Kier molecular flexibility index (Phi) is 11.7. The fourth-order valence-electron chi connectivity index (χ4n) is 1.72. The van der Waals surface area contributed by atoms with Crippen LogP contribution in [0.5, 0.6) is 0 Å². The van der Waals surface area contributed by atoms with Gasteiger partial charge in [0.25, 0.3) is 0 Å². The lowest BCUT2D eigenvalue weighted by Crippen LogP contribution is -2.45. The minimum Gasteiger partial charge on any atom is -0.382 e. The number of nitrogens with two attached hydrogens (primary N) is 1. The lowest BCUT2D eigenvalue weighted by molar-refractivity contribution is 0.146. The zero-order chi connectivity index (χ0) is 14.5. The van der Waals surface area contributed by atoms with Gasteiger partial charge in [0.2, 0.25) is 5.96 Å². The van der Waals surface area contributed by atoms with E-state index in [1.54, 1.807) is 0 Å². The third-order valence-electron chi connectivity index (χ3n) is 2.76. The second kappa shape index (κ2) is 12.2. The van der Waals surface area contributed by atoms with E-state index in [4.69, 9.17) is 10.6 Å². The number of ether oxygens (including phenoxy) is 1.